The minimum Gasteiger partial charge on any atom is -0.444 e. The van der Waals surface area contributed by atoms with Crippen LogP contribution in [0.4, 0.5) is 14.4 Å². The van der Waals surface area contributed by atoms with E-state index in [4.69, 9.17) is 46.9 Å². The molecular formula is C28H35Cl2NO14. The molecule has 2 aliphatic carbocycles. The van der Waals surface area contributed by atoms with Gasteiger partial charge in [0.15, 0.2) is 5.54 Å². The Hall–Kier alpha value is -3.53. The molecule has 250 valence electrons. The molecule has 6 atom stereocenters. The third kappa shape index (κ3) is 8.81. The molecule has 0 bridgehead atoms. The fourth-order valence-electron chi connectivity index (χ4n) is 5.09. The van der Waals surface area contributed by atoms with Gasteiger partial charge in [0.1, 0.15) is 11.7 Å². The quantitative estimate of drug-likeness (QED) is 0.184. The number of carbonyl (C=O) groups excluding carboxylic acids is 5. The molecule has 2 fully saturated rings. The second-order valence-corrected chi connectivity index (χ2v) is 11.7. The number of ether oxygens (including phenoxy) is 8. The van der Waals surface area contributed by atoms with E-state index in [1.165, 1.54) is 19.1 Å². The molecule has 0 heterocycles. The summed E-state index contributed by atoms with van der Waals surface area (Å²) in [5.41, 5.74) is -2.80. The molecule has 0 aromatic heterocycles. The lowest BCUT2D eigenvalue weighted by Crippen LogP contribution is -2.66. The Morgan fingerprint density at radius 3 is 2.04 bits per heavy atom. The molecule has 1 aromatic rings. The standard InChI is InChI=1S/C28H35Cl2NO14/c1-6-38-25(36)43-12-41-22(33)18-17-19(18)28(31-24(35)45-27(3,4)5,23(34)42-13-44-26(37)39-7-2)21(20(17)32)40-11-14-8-9-15(29)16(30)10-14/h8-10,17-21,32H,6-7,11-13H2,1-5H3,(H,31,35)/t17-,18-,19-,20-,21+,28+/m0/s1. The van der Waals surface area contributed by atoms with Gasteiger partial charge in [-0.15, -0.1) is 0 Å². The van der Waals surface area contributed by atoms with Crippen LogP contribution < -0.4 is 5.32 Å². The molecule has 15 nitrogen and oxygen atoms in total. The van der Waals surface area contributed by atoms with E-state index >= 15 is 0 Å². The Bertz CT molecular complexity index is 1270. The molecule has 0 saturated heterocycles. The molecule has 2 aliphatic rings. The summed E-state index contributed by atoms with van der Waals surface area (Å²) >= 11 is 12.1. The molecular weight excluding hydrogens is 645 g/mol. The zero-order valence-electron chi connectivity index (χ0n) is 25.2. The molecule has 0 unspecified atom stereocenters. The normalized spacial score (nSPS) is 24.8. The van der Waals surface area contributed by atoms with Crippen molar-refractivity contribution in [3.8, 4) is 0 Å². The van der Waals surface area contributed by atoms with Gasteiger partial charge in [-0.3, -0.25) is 4.79 Å². The highest BCUT2D eigenvalue weighted by atomic mass is 35.5. The number of esters is 2. The van der Waals surface area contributed by atoms with Gasteiger partial charge in [0.05, 0.1) is 41.9 Å². The summed E-state index contributed by atoms with van der Waals surface area (Å²) in [5, 5.41) is 14.4. The SMILES string of the molecule is CCOC(=O)OCOC(=O)[C@H]1[C@@H]2[C@H](O)[C@@H](OCc3ccc(Cl)c(Cl)c3)[C@@](NC(=O)OC(C)(C)C)(C(=O)OCOC(=O)OCC)[C@H]12. The number of carbonyl (C=O) groups is 5. The average Bonchev–Trinajstić information content (AvgIpc) is 3.64. The lowest BCUT2D eigenvalue weighted by molar-refractivity contribution is -0.176. The molecule has 1 amide bonds. The number of rotatable bonds is 12. The minimum absolute atomic E-state index is 0.0127. The smallest absolute Gasteiger partial charge is 0.444 e. The number of benzene rings is 1. The Balaban J connectivity index is 1.94. The number of fused-ring (bicyclic) bond motifs is 1. The van der Waals surface area contributed by atoms with Gasteiger partial charge in [-0.25, -0.2) is 19.2 Å². The number of amides is 1. The Kier molecular flexibility index (Phi) is 12.1. The summed E-state index contributed by atoms with van der Waals surface area (Å²) in [5.74, 6) is -5.52. The van der Waals surface area contributed by atoms with Crippen molar-refractivity contribution in [2.75, 3.05) is 26.8 Å². The Morgan fingerprint density at radius 2 is 1.49 bits per heavy atom. The number of aliphatic hydroxyl groups is 1. The van der Waals surface area contributed by atoms with Crippen LogP contribution in [0.1, 0.15) is 40.2 Å². The predicted octanol–water partition coefficient (Wildman–Crippen LogP) is 3.73. The first-order valence-corrected chi connectivity index (χ1v) is 14.6. The lowest BCUT2D eigenvalue weighted by Gasteiger charge is -2.38. The number of hydrogen-bond acceptors (Lipinski definition) is 14. The van der Waals surface area contributed by atoms with Crippen LogP contribution in [-0.2, 0) is 54.1 Å². The monoisotopic (exact) mass is 679 g/mol. The minimum atomic E-state index is -2.27. The molecule has 1 aromatic carbocycles. The summed E-state index contributed by atoms with van der Waals surface area (Å²) in [4.78, 5) is 63.2. The predicted molar refractivity (Wildman–Crippen MR) is 152 cm³/mol. The van der Waals surface area contributed by atoms with E-state index in [1.54, 1.807) is 33.8 Å². The summed E-state index contributed by atoms with van der Waals surface area (Å²) in [6, 6.07) is 4.61. The van der Waals surface area contributed by atoms with Crippen LogP contribution in [0, 0.1) is 17.8 Å². The zero-order valence-corrected chi connectivity index (χ0v) is 26.7. The maximum absolute atomic E-state index is 13.9. The molecule has 0 aliphatic heterocycles. The van der Waals surface area contributed by atoms with Gasteiger partial charge in [0, 0.05) is 11.8 Å². The number of halogens is 2. The van der Waals surface area contributed by atoms with E-state index in [2.05, 4.69) is 19.5 Å². The average molecular weight is 680 g/mol. The molecule has 0 spiro atoms. The van der Waals surface area contributed by atoms with E-state index in [0.717, 1.165) is 0 Å². The second kappa shape index (κ2) is 15.2. The first-order valence-electron chi connectivity index (χ1n) is 13.8. The molecule has 45 heavy (non-hydrogen) atoms. The van der Waals surface area contributed by atoms with E-state index in [1.807, 2.05) is 0 Å². The summed E-state index contributed by atoms with van der Waals surface area (Å²) < 4.78 is 40.3. The Morgan fingerprint density at radius 1 is 0.889 bits per heavy atom. The third-order valence-corrected chi connectivity index (χ3v) is 7.49. The number of aliphatic hydroxyl groups excluding tert-OH is 1. The Labute approximate surface area is 268 Å². The first kappa shape index (κ1) is 35.9. The van der Waals surface area contributed by atoms with Gasteiger partial charge >= 0.3 is 30.3 Å². The number of alkyl carbamates (subject to hydrolysis) is 1. The van der Waals surface area contributed by atoms with Gasteiger partial charge in [-0.1, -0.05) is 29.3 Å². The summed E-state index contributed by atoms with van der Waals surface area (Å²) in [6.45, 7) is 5.85. The van der Waals surface area contributed by atoms with Gasteiger partial charge in [0.25, 0.3) is 0 Å². The van der Waals surface area contributed by atoms with Crippen LogP contribution in [-0.4, -0.2) is 85.6 Å². The number of hydrogen-bond donors (Lipinski definition) is 2. The first-order chi connectivity index (χ1) is 21.2. The fraction of sp³-hybridized carbons (Fsp3) is 0.607. The maximum atomic E-state index is 13.9. The fourth-order valence-corrected chi connectivity index (χ4v) is 5.41. The van der Waals surface area contributed by atoms with Crippen LogP contribution >= 0.6 is 23.2 Å². The number of nitrogens with one attached hydrogen (secondary N) is 1. The highest BCUT2D eigenvalue weighted by Crippen LogP contribution is 2.64. The summed E-state index contributed by atoms with van der Waals surface area (Å²) in [6.07, 6.45) is -6.39. The van der Waals surface area contributed by atoms with Crippen molar-refractivity contribution in [3.63, 3.8) is 0 Å². The molecule has 2 N–H and O–H groups in total. The zero-order chi connectivity index (χ0) is 33.5. The van der Waals surface area contributed by atoms with Crippen molar-refractivity contribution in [2.45, 2.75) is 64.6 Å². The van der Waals surface area contributed by atoms with E-state index < -0.39 is 85.0 Å². The van der Waals surface area contributed by atoms with Crippen LogP contribution in [0.15, 0.2) is 18.2 Å². The van der Waals surface area contributed by atoms with Crippen LogP contribution in [0.25, 0.3) is 0 Å². The lowest BCUT2D eigenvalue weighted by atomic mass is 9.86. The molecule has 2 saturated carbocycles. The van der Waals surface area contributed by atoms with Crippen LogP contribution in [0.5, 0.6) is 0 Å². The van der Waals surface area contributed by atoms with Crippen molar-refractivity contribution in [2.24, 2.45) is 17.8 Å². The maximum Gasteiger partial charge on any atom is 0.511 e. The van der Waals surface area contributed by atoms with Crippen LogP contribution in [0.2, 0.25) is 10.0 Å². The van der Waals surface area contributed by atoms with E-state index in [-0.39, 0.29) is 29.9 Å². The van der Waals surface area contributed by atoms with Gasteiger partial charge in [-0.05, 0) is 52.3 Å². The highest BCUT2D eigenvalue weighted by molar-refractivity contribution is 6.42. The van der Waals surface area contributed by atoms with Crippen molar-refractivity contribution in [1.29, 1.82) is 0 Å². The summed E-state index contributed by atoms with van der Waals surface area (Å²) in [7, 11) is 0. The van der Waals surface area contributed by atoms with Gasteiger partial charge in [-0.2, -0.15) is 0 Å². The van der Waals surface area contributed by atoms with Crippen molar-refractivity contribution in [3.05, 3.63) is 33.8 Å². The van der Waals surface area contributed by atoms with Crippen molar-refractivity contribution < 1.29 is 67.0 Å². The van der Waals surface area contributed by atoms with E-state index in [0.29, 0.717) is 5.56 Å². The van der Waals surface area contributed by atoms with E-state index in [9.17, 15) is 29.1 Å². The molecule has 17 heteroatoms. The highest BCUT2D eigenvalue weighted by Gasteiger charge is 2.81. The topological polar surface area (TPSA) is 191 Å². The van der Waals surface area contributed by atoms with Gasteiger partial charge in [0.2, 0.25) is 13.6 Å². The molecule has 0 radical (unpaired) electrons. The second-order valence-electron chi connectivity index (χ2n) is 10.9. The third-order valence-electron chi connectivity index (χ3n) is 6.75. The van der Waals surface area contributed by atoms with Crippen molar-refractivity contribution in [1.82, 2.24) is 5.32 Å². The van der Waals surface area contributed by atoms with Gasteiger partial charge < -0.3 is 48.3 Å². The largest absolute Gasteiger partial charge is 0.511 e. The van der Waals surface area contributed by atoms with Crippen molar-refractivity contribution >= 4 is 53.5 Å². The molecule has 3 rings (SSSR count). The van der Waals surface area contributed by atoms with Crippen LogP contribution in [0.3, 0.4) is 0 Å².